The number of benzene rings is 2. The molecule has 0 saturated heterocycles. The lowest BCUT2D eigenvalue weighted by Gasteiger charge is -2.16. The predicted octanol–water partition coefficient (Wildman–Crippen LogP) is 5.08. The van der Waals surface area contributed by atoms with Crippen LogP contribution in [0.5, 0.6) is 0 Å². The van der Waals surface area contributed by atoms with Crippen molar-refractivity contribution in [3.63, 3.8) is 0 Å². The topological polar surface area (TPSA) is 29.4 Å². The highest BCUT2D eigenvalue weighted by atomic mass is 16.1. The van der Waals surface area contributed by atoms with Crippen LogP contribution in [0.15, 0.2) is 47.5 Å². The van der Waals surface area contributed by atoms with Crippen LogP contribution in [0.25, 0.3) is 0 Å². The van der Waals surface area contributed by atoms with Crippen LogP contribution in [0.4, 0.5) is 5.69 Å². The van der Waals surface area contributed by atoms with Gasteiger partial charge in [0.15, 0.2) is 0 Å². The van der Waals surface area contributed by atoms with E-state index >= 15 is 0 Å². The number of aliphatic imine (C=N–C) groups is 1. The van der Waals surface area contributed by atoms with Gasteiger partial charge in [0.05, 0.1) is 11.6 Å². The van der Waals surface area contributed by atoms with E-state index in [2.05, 4.69) is 32.9 Å². The molecule has 0 aliphatic heterocycles. The van der Waals surface area contributed by atoms with E-state index in [9.17, 15) is 4.79 Å². The van der Waals surface area contributed by atoms with Crippen molar-refractivity contribution in [3.8, 4) is 0 Å². The molecule has 0 bridgehead atoms. The van der Waals surface area contributed by atoms with E-state index in [4.69, 9.17) is 4.99 Å². The average molecular weight is 293 g/mol. The molecule has 1 atom stereocenters. The maximum absolute atomic E-state index is 12.1. The van der Waals surface area contributed by atoms with Gasteiger partial charge in [-0.25, -0.2) is 0 Å². The monoisotopic (exact) mass is 293 g/mol. The van der Waals surface area contributed by atoms with Crippen molar-refractivity contribution in [1.29, 1.82) is 0 Å². The zero-order valence-electron chi connectivity index (χ0n) is 14.0. The van der Waals surface area contributed by atoms with Gasteiger partial charge in [-0.3, -0.25) is 9.79 Å². The van der Waals surface area contributed by atoms with Crippen LogP contribution in [0.1, 0.15) is 42.0 Å². The molecule has 2 heteroatoms. The molecule has 114 valence electrons. The Hall–Kier alpha value is -2.22. The summed E-state index contributed by atoms with van der Waals surface area (Å²) in [6.07, 6.45) is 0. The minimum atomic E-state index is -0.277. The van der Waals surface area contributed by atoms with Crippen molar-refractivity contribution >= 4 is 17.2 Å². The lowest BCUT2D eigenvalue weighted by Crippen LogP contribution is -2.17. The molecule has 2 rings (SSSR count). The van der Waals surface area contributed by atoms with Gasteiger partial charge in [-0.05, 0) is 51.3 Å². The number of Topliss-reactive ketones (excluding diaryl/α,β-unsaturated/α-hetero) is 1. The van der Waals surface area contributed by atoms with E-state index in [1.54, 1.807) is 6.92 Å². The highest BCUT2D eigenvalue weighted by Crippen LogP contribution is 2.28. The second kappa shape index (κ2) is 6.69. The third-order valence-corrected chi connectivity index (χ3v) is 3.88. The highest BCUT2D eigenvalue weighted by molar-refractivity contribution is 6.09. The molecule has 0 aromatic heterocycles. The summed E-state index contributed by atoms with van der Waals surface area (Å²) < 4.78 is 0. The lowest BCUT2D eigenvalue weighted by atomic mass is 9.91. The van der Waals surface area contributed by atoms with Gasteiger partial charge in [-0.15, -0.1) is 0 Å². The molecule has 2 aromatic rings. The second-order valence-electron chi connectivity index (χ2n) is 5.95. The van der Waals surface area contributed by atoms with E-state index in [1.165, 1.54) is 5.56 Å². The zero-order chi connectivity index (χ0) is 16.3. The molecule has 0 saturated carbocycles. The van der Waals surface area contributed by atoms with Gasteiger partial charge < -0.3 is 0 Å². The molecule has 0 spiro atoms. The summed E-state index contributed by atoms with van der Waals surface area (Å²) in [6.45, 7) is 9.79. The summed E-state index contributed by atoms with van der Waals surface area (Å²) in [5.74, 6) is -0.156. The van der Waals surface area contributed by atoms with Crippen molar-refractivity contribution < 1.29 is 4.79 Å². The van der Waals surface area contributed by atoms with Crippen molar-refractivity contribution in [2.24, 2.45) is 4.99 Å². The summed E-state index contributed by atoms with van der Waals surface area (Å²) >= 11 is 0. The Morgan fingerprint density at radius 3 is 2.00 bits per heavy atom. The third-order valence-electron chi connectivity index (χ3n) is 3.88. The van der Waals surface area contributed by atoms with Crippen molar-refractivity contribution in [2.45, 2.75) is 40.5 Å². The molecule has 0 heterocycles. The first-order chi connectivity index (χ1) is 10.4. The fourth-order valence-electron chi connectivity index (χ4n) is 3.01. The summed E-state index contributed by atoms with van der Waals surface area (Å²) in [5, 5.41) is 0. The van der Waals surface area contributed by atoms with Gasteiger partial charge in [0, 0.05) is 5.71 Å². The van der Waals surface area contributed by atoms with Crippen LogP contribution in [0.3, 0.4) is 0 Å². The fraction of sp³-hybridized carbons (Fsp3) is 0.300. The Morgan fingerprint density at radius 2 is 1.50 bits per heavy atom. The zero-order valence-corrected chi connectivity index (χ0v) is 14.0. The molecule has 2 aromatic carbocycles. The van der Waals surface area contributed by atoms with Gasteiger partial charge in [-0.2, -0.15) is 0 Å². The summed E-state index contributed by atoms with van der Waals surface area (Å²) in [6, 6.07) is 14.1. The average Bonchev–Trinajstić information content (AvgIpc) is 2.43. The molecule has 0 amide bonds. The van der Waals surface area contributed by atoms with E-state index in [1.807, 2.05) is 37.3 Å². The number of carbonyl (C=O) groups excluding carboxylic acids is 1. The molecular formula is C20H23NO. The van der Waals surface area contributed by atoms with Crippen molar-refractivity contribution in [2.75, 3.05) is 0 Å². The van der Waals surface area contributed by atoms with E-state index < -0.39 is 0 Å². The largest absolute Gasteiger partial charge is 0.299 e. The lowest BCUT2D eigenvalue weighted by molar-refractivity contribution is -0.117. The van der Waals surface area contributed by atoms with Crippen LogP contribution >= 0.6 is 0 Å². The normalized spacial score (nSPS) is 13.0. The second-order valence-corrected chi connectivity index (χ2v) is 5.95. The number of ketones is 1. The highest BCUT2D eigenvalue weighted by Gasteiger charge is 2.20. The molecule has 2 nitrogen and oxygen atoms in total. The summed E-state index contributed by atoms with van der Waals surface area (Å²) in [4.78, 5) is 16.9. The number of hydrogen-bond donors (Lipinski definition) is 0. The van der Waals surface area contributed by atoms with Gasteiger partial charge in [0.2, 0.25) is 0 Å². The number of rotatable bonds is 4. The molecule has 0 aliphatic carbocycles. The molecule has 0 N–H and O–H groups in total. The third kappa shape index (κ3) is 3.51. The van der Waals surface area contributed by atoms with Crippen LogP contribution in [0.2, 0.25) is 0 Å². The Morgan fingerprint density at radius 1 is 0.955 bits per heavy atom. The first-order valence-electron chi connectivity index (χ1n) is 7.58. The molecular weight excluding hydrogens is 270 g/mol. The maximum Gasteiger partial charge on any atom is 0.142 e. The Bertz CT molecular complexity index is 691. The minimum absolute atomic E-state index is 0.120. The van der Waals surface area contributed by atoms with E-state index in [0.717, 1.165) is 28.1 Å². The molecule has 0 aliphatic rings. The summed E-state index contributed by atoms with van der Waals surface area (Å²) in [7, 11) is 0. The van der Waals surface area contributed by atoms with Gasteiger partial charge in [0.1, 0.15) is 5.78 Å². The smallest absolute Gasteiger partial charge is 0.142 e. The molecule has 1 unspecified atom stereocenters. The van der Waals surface area contributed by atoms with E-state index in [-0.39, 0.29) is 11.7 Å². The predicted molar refractivity (Wildman–Crippen MR) is 93.3 cm³/mol. The van der Waals surface area contributed by atoms with Gasteiger partial charge in [0.25, 0.3) is 0 Å². The Balaban J connectivity index is 2.48. The number of hydrogen-bond acceptors (Lipinski definition) is 2. The SMILES string of the molecule is CC(=O)C(C(C)=Nc1c(C)cc(C)cc1C)c1ccccc1. The number of aryl methyl sites for hydroxylation is 3. The summed E-state index contributed by atoms with van der Waals surface area (Å²) in [5.41, 5.74) is 6.34. The van der Waals surface area contributed by atoms with Crippen LogP contribution < -0.4 is 0 Å². The van der Waals surface area contributed by atoms with Crippen molar-refractivity contribution in [3.05, 3.63) is 64.7 Å². The number of nitrogens with zero attached hydrogens (tertiary/aromatic N) is 1. The van der Waals surface area contributed by atoms with Crippen LogP contribution in [-0.2, 0) is 4.79 Å². The standard InChI is InChI=1S/C20H23NO/c1-13-11-14(2)20(15(3)12-13)21-16(4)19(17(5)22)18-9-7-6-8-10-18/h6-12,19H,1-5H3. The number of carbonyl (C=O) groups is 1. The van der Waals surface area contributed by atoms with Crippen molar-refractivity contribution in [1.82, 2.24) is 0 Å². The van der Waals surface area contributed by atoms with Crippen LogP contribution in [0, 0.1) is 20.8 Å². The Labute approximate surface area is 132 Å². The fourth-order valence-corrected chi connectivity index (χ4v) is 3.01. The molecule has 0 fully saturated rings. The van der Waals surface area contributed by atoms with Gasteiger partial charge >= 0.3 is 0 Å². The first-order valence-corrected chi connectivity index (χ1v) is 7.58. The quantitative estimate of drug-likeness (QED) is 0.723. The molecule has 0 radical (unpaired) electrons. The van der Waals surface area contributed by atoms with Gasteiger partial charge in [-0.1, -0.05) is 48.0 Å². The Kier molecular flexibility index (Phi) is 4.92. The van der Waals surface area contributed by atoms with E-state index in [0.29, 0.717) is 0 Å². The molecule has 22 heavy (non-hydrogen) atoms. The maximum atomic E-state index is 12.1. The van der Waals surface area contributed by atoms with Crippen LogP contribution in [-0.4, -0.2) is 11.5 Å². The minimum Gasteiger partial charge on any atom is -0.299 e. The first kappa shape index (κ1) is 16.2.